The summed E-state index contributed by atoms with van der Waals surface area (Å²) in [6, 6.07) is 13.6. The summed E-state index contributed by atoms with van der Waals surface area (Å²) in [6.45, 7) is 2.88. The normalized spacial score (nSPS) is 15.3. The number of aryl methyl sites for hydroxylation is 1. The van der Waals surface area contributed by atoms with Gasteiger partial charge in [0.15, 0.2) is 17.3 Å². The quantitative estimate of drug-likeness (QED) is 0.525. The van der Waals surface area contributed by atoms with Gasteiger partial charge in [0.2, 0.25) is 5.95 Å². The number of thiophene rings is 1. The van der Waals surface area contributed by atoms with Gasteiger partial charge in [-0.25, -0.2) is 9.97 Å². The molecular formula is C21H18N4O3S. The van der Waals surface area contributed by atoms with Crippen molar-refractivity contribution < 1.29 is 14.0 Å². The highest BCUT2D eigenvalue weighted by Crippen LogP contribution is 2.34. The monoisotopic (exact) mass is 406 g/mol. The van der Waals surface area contributed by atoms with E-state index in [0.29, 0.717) is 24.9 Å². The number of fused-ring (bicyclic) bond motifs is 1. The summed E-state index contributed by atoms with van der Waals surface area (Å²) < 4.78 is 17.2. The van der Waals surface area contributed by atoms with Crippen molar-refractivity contribution in [3.05, 3.63) is 59.7 Å². The number of nitrogens with one attached hydrogen (secondary N) is 1. The summed E-state index contributed by atoms with van der Waals surface area (Å²) in [6.07, 6.45) is 1.63. The fraction of sp³-hybridized carbons (Fsp3) is 0.190. The van der Waals surface area contributed by atoms with Crippen LogP contribution in [-0.4, -0.2) is 34.4 Å². The predicted molar refractivity (Wildman–Crippen MR) is 110 cm³/mol. The van der Waals surface area contributed by atoms with E-state index in [9.17, 15) is 0 Å². The molecule has 0 fully saturated rings. The number of anilines is 1. The fourth-order valence-electron chi connectivity index (χ4n) is 3.11. The lowest BCUT2D eigenvalue weighted by atomic mass is 10.1. The maximum atomic E-state index is 5.99. The Bertz CT molecular complexity index is 1130. The summed E-state index contributed by atoms with van der Waals surface area (Å²) in [5.41, 5.74) is 2.43. The minimum Gasteiger partial charge on any atom is -0.486 e. The van der Waals surface area contributed by atoms with Gasteiger partial charge < -0.3 is 19.3 Å². The number of nitrogens with zero attached hydrogens (tertiary/aromatic N) is 3. The molecule has 4 heterocycles. The molecule has 0 aliphatic carbocycles. The van der Waals surface area contributed by atoms with Crippen molar-refractivity contribution in [2.75, 3.05) is 18.5 Å². The Kier molecular flexibility index (Phi) is 4.61. The first-order valence-electron chi connectivity index (χ1n) is 9.23. The van der Waals surface area contributed by atoms with Gasteiger partial charge in [0, 0.05) is 12.3 Å². The third kappa shape index (κ3) is 3.66. The molecule has 1 atom stereocenters. The van der Waals surface area contributed by atoms with Gasteiger partial charge in [0.1, 0.15) is 12.7 Å². The molecule has 4 aromatic rings. The van der Waals surface area contributed by atoms with Crippen molar-refractivity contribution >= 4 is 17.3 Å². The van der Waals surface area contributed by atoms with Gasteiger partial charge in [0.25, 0.3) is 0 Å². The minimum absolute atomic E-state index is 0.129. The standard InChI is InChI=1S/C21H18N4O3S/c1-13-9-18(28-25-13)15-11-23-21(24-20(15)19-7-4-8-29-19)22-10-14-12-26-16-5-2-3-6-17(16)27-14/h2-9,11,14H,10,12H2,1H3,(H,22,23,24)/t14-/m0/s1. The van der Waals surface area contributed by atoms with Crippen LogP contribution in [0.5, 0.6) is 11.5 Å². The summed E-state index contributed by atoms with van der Waals surface area (Å²) in [5, 5.41) is 9.26. The topological polar surface area (TPSA) is 82.3 Å². The summed E-state index contributed by atoms with van der Waals surface area (Å²) >= 11 is 1.61. The maximum absolute atomic E-state index is 5.99. The van der Waals surface area contributed by atoms with Crippen LogP contribution >= 0.6 is 11.3 Å². The molecule has 7 nitrogen and oxygen atoms in total. The lowest BCUT2D eigenvalue weighted by Crippen LogP contribution is -2.35. The second-order valence-corrected chi connectivity index (χ2v) is 7.59. The zero-order valence-electron chi connectivity index (χ0n) is 15.7. The molecule has 0 saturated heterocycles. The third-order valence-corrected chi connectivity index (χ3v) is 5.37. The summed E-state index contributed by atoms with van der Waals surface area (Å²) in [4.78, 5) is 10.2. The molecule has 0 unspecified atom stereocenters. The van der Waals surface area contributed by atoms with Crippen molar-refractivity contribution in [1.29, 1.82) is 0 Å². The van der Waals surface area contributed by atoms with E-state index in [2.05, 4.69) is 15.5 Å². The van der Waals surface area contributed by atoms with Crippen molar-refractivity contribution in [2.45, 2.75) is 13.0 Å². The molecule has 1 aromatic carbocycles. The number of aromatic nitrogens is 3. The van der Waals surface area contributed by atoms with Crippen LogP contribution in [0.25, 0.3) is 21.9 Å². The second-order valence-electron chi connectivity index (χ2n) is 6.64. The van der Waals surface area contributed by atoms with E-state index in [1.807, 2.05) is 54.8 Å². The Labute approximate surface area is 171 Å². The van der Waals surface area contributed by atoms with Crippen molar-refractivity contribution in [3.8, 4) is 33.4 Å². The zero-order chi connectivity index (χ0) is 19.6. The molecule has 29 heavy (non-hydrogen) atoms. The zero-order valence-corrected chi connectivity index (χ0v) is 16.5. The van der Waals surface area contributed by atoms with Crippen LogP contribution in [0.2, 0.25) is 0 Å². The van der Waals surface area contributed by atoms with Gasteiger partial charge in [-0.2, -0.15) is 0 Å². The molecular weight excluding hydrogens is 388 g/mol. The highest BCUT2D eigenvalue weighted by molar-refractivity contribution is 7.13. The Morgan fingerprint density at radius 3 is 2.86 bits per heavy atom. The Balaban J connectivity index is 1.37. The van der Waals surface area contributed by atoms with E-state index in [-0.39, 0.29) is 6.10 Å². The number of hydrogen-bond acceptors (Lipinski definition) is 8. The van der Waals surface area contributed by atoms with Gasteiger partial charge in [-0.3, -0.25) is 0 Å². The molecule has 0 spiro atoms. The second kappa shape index (κ2) is 7.56. The van der Waals surface area contributed by atoms with Crippen LogP contribution in [0.15, 0.2) is 58.6 Å². The van der Waals surface area contributed by atoms with Crippen molar-refractivity contribution in [3.63, 3.8) is 0 Å². The van der Waals surface area contributed by atoms with Gasteiger partial charge >= 0.3 is 0 Å². The van der Waals surface area contributed by atoms with E-state index < -0.39 is 0 Å². The van der Waals surface area contributed by atoms with Gasteiger partial charge in [-0.1, -0.05) is 23.4 Å². The maximum Gasteiger partial charge on any atom is 0.223 e. The van der Waals surface area contributed by atoms with Crippen molar-refractivity contribution in [1.82, 2.24) is 15.1 Å². The van der Waals surface area contributed by atoms with E-state index >= 15 is 0 Å². The van der Waals surface area contributed by atoms with Crippen LogP contribution in [-0.2, 0) is 0 Å². The van der Waals surface area contributed by atoms with Gasteiger partial charge in [-0.15, -0.1) is 11.3 Å². The first kappa shape index (κ1) is 17.7. The lowest BCUT2D eigenvalue weighted by molar-refractivity contribution is 0.0996. The average molecular weight is 406 g/mol. The highest BCUT2D eigenvalue weighted by Gasteiger charge is 2.21. The molecule has 1 N–H and O–H groups in total. The predicted octanol–water partition coefficient (Wildman–Crippen LogP) is 4.42. The highest BCUT2D eigenvalue weighted by atomic mass is 32.1. The first-order chi connectivity index (χ1) is 14.3. The summed E-state index contributed by atoms with van der Waals surface area (Å²) in [7, 11) is 0. The van der Waals surface area contributed by atoms with Crippen LogP contribution < -0.4 is 14.8 Å². The van der Waals surface area contributed by atoms with E-state index in [1.54, 1.807) is 17.5 Å². The smallest absolute Gasteiger partial charge is 0.223 e. The van der Waals surface area contributed by atoms with E-state index in [1.165, 1.54) is 0 Å². The molecule has 146 valence electrons. The molecule has 1 aliphatic heterocycles. The molecule has 8 heteroatoms. The molecule has 0 radical (unpaired) electrons. The average Bonchev–Trinajstić information content (AvgIpc) is 3.44. The van der Waals surface area contributed by atoms with Gasteiger partial charge in [-0.05, 0) is 30.5 Å². The number of hydrogen-bond donors (Lipinski definition) is 1. The first-order valence-corrected chi connectivity index (χ1v) is 10.1. The molecule has 0 amide bonds. The Morgan fingerprint density at radius 1 is 1.17 bits per heavy atom. The number of benzene rings is 1. The fourth-order valence-corrected chi connectivity index (χ4v) is 3.84. The summed E-state index contributed by atoms with van der Waals surface area (Å²) in [5.74, 6) is 2.70. The number of para-hydroxylation sites is 2. The Morgan fingerprint density at radius 2 is 2.07 bits per heavy atom. The molecule has 0 bridgehead atoms. The lowest BCUT2D eigenvalue weighted by Gasteiger charge is -2.26. The minimum atomic E-state index is -0.129. The SMILES string of the molecule is Cc1cc(-c2cnc(NC[C@H]3COc4ccccc4O3)nc2-c2cccs2)on1. The van der Waals surface area contributed by atoms with Crippen LogP contribution in [0, 0.1) is 6.92 Å². The molecule has 3 aromatic heterocycles. The molecule has 5 rings (SSSR count). The van der Waals surface area contributed by atoms with Gasteiger partial charge in [0.05, 0.1) is 28.4 Å². The number of ether oxygens (including phenoxy) is 2. The van der Waals surface area contributed by atoms with Crippen LogP contribution in [0.3, 0.4) is 0 Å². The number of rotatable bonds is 5. The third-order valence-electron chi connectivity index (χ3n) is 4.49. The van der Waals surface area contributed by atoms with Crippen molar-refractivity contribution in [2.24, 2.45) is 0 Å². The largest absolute Gasteiger partial charge is 0.486 e. The molecule has 1 aliphatic rings. The van der Waals surface area contributed by atoms with E-state index in [0.717, 1.165) is 33.3 Å². The van der Waals surface area contributed by atoms with E-state index in [4.69, 9.17) is 19.0 Å². The Hall–Kier alpha value is -3.39. The molecule has 0 saturated carbocycles. The van der Waals surface area contributed by atoms with Crippen LogP contribution in [0.4, 0.5) is 5.95 Å². The van der Waals surface area contributed by atoms with Crippen LogP contribution in [0.1, 0.15) is 5.69 Å².